The average Bonchev–Trinajstić information content (AvgIpc) is 2.78. The fourth-order valence-electron chi connectivity index (χ4n) is 3.63. The van der Waals surface area contributed by atoms with E-state index in [1.165, 1.54) is 7.11 Å². The minimum Gasteiger partial charge on any atom is -0.458 e. The van der Waals surface area contributed by atoms with Crippen LogP contribution in [0.3, 0.4) is 0 Å². The Morgan fingerprint density at radius 1 is 1.34 bits per heavy atom. The van der Waals surface area contributed by atoms with Crippen LogP contribution in [0.15, 0.2) is 35.5 Å². The summed E-state index contributed by atoms with van der Waals surface area (Å²) in [6, 6.07) is 2.77. The third-order valence-electron chi connectivity index (χ3n) is 5.68. The van der Waals surface area contributed by atoms with E-state index < -0.39 is 35.1 Å². The van der Waals surface area contributed by atoms with Crippen molar-refractivity contribution in [2.75, 3.05) is 33.4 Å². The quantitative estimate of drug-likeness (QED) is 0.249. The summed E-state index contributed by atoms with van der Waals surface area (Å²) in [4.78, 5) is 30.7. The molecule has 1 aromatic carbocycles. The molecule has 0 aromatic heterocycles. The van der Waals surface area contributed by atoms with Gasteiger partial charge < -0.3 is 25.3 Å². The highest BCUT2D eigenvalue weighted by atomic mass is 19.4. The highest BCUT2D eigenvalue weighted by Gasteiger charge is 2.33. The summed E-state index contributed by atoms with van der Waals surface area (Å²) >= 11 is 0. The number of cyclic esters (lactones) is 1. The maximum atomic E-state index is 13.3. The second-order valence-corrected chi connectivity index (χ2v) is 8.93. The Kier molecular flexibility index (Phi) is 9.84. The van der Waals surface area contributed by atoms with Gasteiger partial charge in [-0.25, -0.2) is 4.79 Å². The first-order valence-electron chi connectivity index (χ1n) is 11.2. The molecular formula is C24H32F3N3O5. The summed E-state index contributed by atoms with van der Waals surface area (Å²) in [7, 11) is 1.39. The largest absolute Gasteiger partial charge is 0.458 e. The van der Waals surface area contributed by atoms with Crippen LogP contribution in [0, 0.1) is 5.41 Å². The van der Waals surface area contributed by atoms with E-state index in [0.717, 1.165) is 18.2 Å². The Labute approximate surface area is 202 Å². The van der Waals surface area contributed by atoms with Crippen molar-refractivity contribution in [2.24, 2.45) is 10.6 Å². The number of benzene rings is 1. The number of carbonyl (C=O) groups excluding carboxylic acids is 2. The Morgan fingerprint density at radius 3 is 2.69 bits per heavy atom. The van der Waals surface area contributed by atoms with E-state index in [1.807, 2.05) is 13.8 Å². The minimum absolute atomic E-state index is 0.00574. The van der Waals surface area contributed by atoms with Gasteiger partial charge in [-0.15, -0.1) is 0 Å². The molecule has 1 heterocycles. The maximum Gasteiger partial charge on any atom is 0.416 e. The number of ether oxygens (including phenoxy) is 1. The first-order valence-corrected chi connectivity index (χ1v) is 11.2. The Bertz CT molecular complexity index is 960. The highest BCUT2D eigenvalue weighted by molar-refractivity contribution is 5.97. The van der Waals surface area contributed by atoms with Gasteiger partial charge in [-0.3, -0.25) is 4.79 Å². The molecule has 8 nitrogen and oxygen atoms in total. The van der Waals surface area contributed by atoms with E-state index >= 15 is 0 Å². The minimum atomic E-state index is -4.62. The van der Waals surface area contributed by atoms with Crippen molar-refractivity contribution >= 4 is 17.6 Å². The molecular weight excluding hydrogens is 467 g/mol. The molecule has 0 radical (unpaired) electrons. The lowest BCUT2D eigenvalue weighted by molar-refractivity contribution is -0.144. The third kappa shape index (κ3) is 8.07. The highest BCUT2D eigenvalue weighted by Crippen LogP contribution is 2.31. The van der Waals surface area contributed by atoms with Crippen LogP contribution in [0.1, 0.15) is 48.2 Å². The number of rotatable bonds is 5. The Balaban J connectivity index is 2.48. The first kappa shape index (κ1) is 28.3. The van der Waals surface area contributed by atoms with Crippen LogP contribution in [0.4, 0.5) is 13.2 Å². The van der Waals surface area contributed by atoms with Crippen molar-refractivity contribution in [1.82, 2.24) is 10.6 Å². The molecule has 1 aliphatic rings. The van der Waals surface area contributed by atoms with E-state index in [2.05, 4.69) is 22.4 Å². The van der Waals surface area contributed by atoms with Crippen molar-refractivity contribution in [1.29, 1.82) is 0 Å². The summed E-state index contributed by atoms with van der Waals surface area (Å²) in [5, 5.41) is 18.9. The standard InChI is InChI=1S/C24H32F3N3O5/c1-15-11-16-12-17(24(25,26)27)5-7-19(16)21(32)29-14-23(2,3)20(30-34-4)8-6-18(35-22(15)33)13-28-9-10-31/h5,7,12,18,28,31H,1,6,8-11,13-14H2,2-4H3,(H,29,32)/b30-20+. The average molecular weight is 500 g/mol. The number of hydrogen-bond donors (Lipinski definition) is 3. The van der Waals surface area contributed by atoms with Gasteiger partial charge in [-0.05, 0) is 36.6 Å². The summed E-state index contributed by atoms with van der Waals surface area (Å²) in [6.07, 6.45) is -4.80. The second-order valence-electron chi connectivity index (χ2n) is 8.93. The van der Waals surface area contributed by atoms with Crippen LogP contribution >= 0.6 is 0 Å². The van der Waals surface area contributed by atoms with Gasteiger partial charge >= 0.3 is 12.1 Å². The molecule has 0 aliphatic carbocycles. The zero-order valence-corrected chi connectivity index (χ0v) is 20.1. The molecule has 1 aromatic rings. The molecule has 0 saturated heterocycles. The molecule has 1 unspecified atom stereocenters. The van der Waals surface area contributed by atoms with Gasteiger partial charge in [0.05, 0.1) is 17.9 Å². The van der Waals surface area contributed by atoms with Crippen molar-refractivity contribution < 1.29 is 37.4 Å². The SMILES string of the molecule is C=C1Cc2cc(C(F)(F)F)ccc2C(=O)NCC(C)(C)/C(=N/OC)CCC(CNCCO)OC1=O. The number of alkyl halides is 3. The zero-order chi connectivity index (χ0) is 26.2. The van der Waals surface area contributed by atoms with Gasteiger partial charge in [0.15, 0.2) is 0 Å². The predicted molar refractivity (Wildman–Crippen MR) is 124 cm³/mol. The van der Waals surface area contributed by atoms with Gasteiger partial charge in [0, 0.05) is 42.6 Å². The van der Waals surface area contributed by atoms with Crippen LogP contribution in [-0.4, -0.2) is 62.1 Å². The maximum absolute atomic E-state index is 13.3. The van der Waals surface area contributed by atoms with Crippen molar-refractivity contribution in [2.45, 2.75) is 45.4 Å². The number of aliphatic hydroxyl groups excluding tert-OH is 1. The van der Waals surface area contributed by atoms with E-state index in [1.54, 1.807) is 0 Å². The van der Waals surface area contributed by atoms with Crippen molar-refractivity contribution in [3.05, 3.63) is 47.0 Å². The monoisotopic (exact) mass is 499 g/mol. The first-order chi connectivity index (χ1) is 16.4. The van der Waals surface area contributed by atoms with Gasteiger partial charge in [-0.2, -0.15) is 13.2 Å². The molecule has 0 bridgehead atoms. The Hall–Kier alpha value is -2.92. The molecule has 1 amide bonds. The fraction of sp³-hybridized carbons (Fsp3) is 0.542. The molecule has 1 atom stereocenters. The van der Waals surface area contributed by atoms with Gasteiger partial charge in [-0.1, -0.05) is 25.6 Å². The third-order valence-corrected chi connectivity index (χ3v) is 5.68. The van der Waals surface area contributed by atoms with Crippen molar-refractivity contribution in [3.8, 4) is 0 Å². The molecule has 0 fully saturated rings. The number of fused-ring (bicyclic) bond motifs is 1. The number of carbonyl (C=O) groups is 2. The van der Waals surface area contributed by atoms with E-state index in [0.29, 0.717) is 25.1 Å². The smallest absolute Gasteiger partial charge is 0.416 e. The second kappa shape index (κ2) is 12.2. The van der Waals surface area contributed by atoms with Crippen LogP contribution in [0.2, 0.25) is 0 Å². The zero-order valence-electron chi connectivity index (χ0n) is 20.1. The lowest BCUT2D eigenvalue weighted by atomic mass is 9.84. The van der Waals surface area contributed by atoms with Crippen molar-refractivity contribution in [3.63, 3.8) is 0 Å². The van der Waals surface area contributed by atoms with Gasteiger partial charge in [0.25, 0.3) is 5.91 Å². The molecule has 0 spiro atoms. The number of nitrogens with one attached hydrogen (secondary N) is 2. The summed E-state index contributed by atoms with van der Waals surface area (Å²) in [5.41, 5.74) is -1.08. The molecule has 0 saturated carbocycles. The lowest BCUT2D eigenvalue weighted by Crippen LogP contribution is -2.41. The number of aliphatic hydroxyl groups is 1. The van der Waals surface area contributed by atoms with Crippen LogP contribution in [0.25, 0.3) is 0 Å². The van der Waals surface area contributed by atoms with Crippen LogP contribution in [-0.2, 0) is 27.0 Å². The number of halogens is 3. The molecule has 3 N–H and O–H groups in total. The molecule has 194 valence electrons. The molecule has 2 rings (SSSR count). The van der Waals surface area contributed by atoms with E-state index in [-0.39, 0.29) is 42.8 Å². The normalized spacial score (nSPS) is 21.1. The van der Waals surface area contributed by atoms with Crippen LogP contribution in [0.5, 0.6) is 0 Å². The van der Waals surface area contributed by atoms with E-state index in [4.69, 9.17) is 14.7 Å². The van der Waals surface area contributed by atoms with Gasteiger partial charge in [0.1, 0.15) is 13.2 Å². The van der Waals surface area contributed by atoms with Gasteiger partial charge in [0.2, 0.25) is 0 Å². The predicted octanol–water partition coefficient (Wildman–Crippen LogP) is 2.85. The number of nitrogens with zero attached hydrogens (tertiary/aromatic N) is 1. The number of amides is 1. The molecule has 11 heteroatoms. The Morgan fingerprint density at radius 2 is 2.06 bits per heavy atom. The number of oxime groups is 1. The summed E-state index contributed by atoms with van der Waals surface area (Å²) in [6.45, 7) is 7.95. The van der Waals surface area contributed by atoms with Crippen LogP contribution < -0.4 is 10.6 Å². The summed E-state index contributed by atoms with van der Waals surface area (Å²) in [5.74, 6) is -1.37. The lowest BCUT2D eigenvalue weighted by Gasteiger charge is -2.28. The molecule has 35 heavy (non-hydrogen) atoms. The number of hydrogen-bond acceptors (Lipinski definition) is 7. The number of esters is 1. The molecule has 1 aliphatic heterocycles. The fourth-order valence-corrected chi connectivity index (χ4v) is 3.63. The topological polar surface area (TPSA) is 109 Å². The van der Waals surface area contributed by atoms with E-state index in [9.17, 15) is 22.8 Å². The summed E-state index contributed by atoms with van der Waals surface area (Å²) < 4.78 is 45.6.